The van der Waals surface area contributed by atoms with Crippen LogP contribution in [0, 0.1) is 0 Å². The number of carbonyl (C=O) groups excluding carboxylic acids is 1. The van der Waals surface area contributed by atoms with Crippen molar-refractivity contribution in [2.24, 2.45) is 5.73 Å². The number of benzene rings is 1. The zero-order valence-electron chi connectivity index (χ0n) is 7.84. The summed E-state index contributed by atoms with van der Waals surface area (Å²) in [5, 5.41) is 2.51. The van der Waals surface area contributed by atoms with Gasteiger partial charge in [0.1, 0.15) is 0 Å². The molecule has 0 aliphatic carbocycles. The first kappa shape index (κ1) is 11.2. The minimum absolute atomic E-state index is 0.165. The van der Waals surface area contributed by atoms with E-state index in [0.717, 1.165) is 6.07 Å². The lowest BCUT2D eigenvalue weighted by Gasteiger charge is -2.10. The molecule has 0 bridgehead atoms. The zero-order chi connectivity index (χ0) is 11.4. The fourth-order valence-electron chi connectivity index (χ4n) is 1.11. The van der Waals surface area contributed by atoms with Crippen LogP contribution in [-0.4, -0.2) is 12.5 Å². The van der Waals surface area contributed by atoms with E-state index in [4.69, 9.17) is 11.5 Å². The third-order valence-electron chi connectivity index (χ3n) is 1.76. The van der Waals surface area contributed by atoms with Crippen molar-refractivity contribution in [3.63, 3.8) is 0 Å². The van der Waals surface area contributed by atoms with E-state index in [1.165, 1.54) is 12.1 Å². The average Bonchev–Trinajstić information content (AvgIpc) is 2.15. The Morgan fingerprint density at radius 2 is 2.13 bits per heavy atom. The molecule has 0 radical (unpaired) electrons. The van der Waals surface area contributed by atoms with Gasteiger partial charge in [-0.05, 0) is 18.2 Å². The molecule has 0 aliphatic rings. The van der Waals surface area contributed by atoms with Gasteiger partial charge in [-0.1, -0.05) is 0 Å². The molecule has 0 aromatic heterocycles. The number of rotatable bonds is 4. The zero-order valence-corrected chi connectivity index (χ0v) is 7.84. The summed E-state index contributed by atoms with van der Waals surface area (Å²) in [5.74, 6) is -0.618. The van der Waals surface area contributed by atoms with Crippen LogP contribution in [0.5, 0.6) is 0 Å². The van der Waals surface area contributed by atoms with Gasteiger partial charge in [0.05, 0.1) is 6.54 Å². The topological polar surface area (TPSA) is 81.1 Å². The van der Waals surface area contributed by atoms with Crippen LogP contribution < -0.4 is 16.8 Å². The third kappa shape index (κ3) is 3.08. The van der Waals surface area contributed by atoms with Crippen LogP contribution in [0.4, 0.5) is 20.2 Å². The number of anilines is 2. The van der Waals surface area contributed by atoms with Gasteiger partial charge in [0.15, 0.2) is 0 Å². The van der Waals surface area contributed by atoms with Crippen molar-refractivity contribution in [2.75, 3.05) is 17.6 Å². The summed E-state index contributed by atoms with van der Waals surface area (Å²) in [4.78, 5) is 10.5. The molecule has 1 amide bonds. The molecule has 0 saturated carbocycles. The number of nitrogens with two attached hydrogens (primary N) is 2. The standard InChI is InChI=1S/C9H11F2N3O/c10-9(11)6-3-5(12)1-2-7(6)14-4-8(13)15/h1-3,9,14H,4,12H2,(H2,13,15). The fourth-order valence-corrected chi connectivity index (χ4v) is 1.11. The summed E-state index contributed by atoms with van der Waals surface area (Å²) in [7, 11) is 0. The number of carbonyl (C=O) groups is 1. The number of amides is 1. The molecule has 0 saturated heterocycles. The average molecular weight is 215 g/mol. The summed E-state index contributed by atoms with van der Waals surface area (Å²) >= 11 is 0. The lowest BCUT2D eigenvalue weighted by molar-refractivity contribution is -0.116. The third-order valence-corrected chi connectivity index (χ3v) is 1.76. The Kier molecular flexibility index (Phi) is 3.43. The van der Waals surface area contributed by atoms with Crippen LogP contribution in [0.25, 0.3) is 0 Å². The number of alkyl halides is 2. The van der Waals surface area contributed by atoms with Crippen LogP contribution in [0.1, 0.15) is 12.0 Å². The molecule has 5 N–H and O–H groups in total. The van der Waals surface area contributed by atoms with Crippen molar-refractivity contribution >= 4 is 17.3 Å². The first-order chi connectivity index (χ1) is 7.00. The minimum Gasteiger partial charge on any atom is -0.399 e. The van der Waals surface area contributed by atoms with Gasteiger partial charge in [-0.15, -0.1) is 0 Å². The van der Waals surface area contributed by atoms with Gasteiger partial charge in [-0.2, -0.15) is 0 Å². The molecule has 0 unspecified atom stereocenters. The Labute approximate surface area is 85.2 Å². The molecule has 0 heterocycles. The monoisotopic (exact) mass is 215 g/mol. The highest BCUT2D eigenvalue weighted by atomic mass is 19.3. The second-order valence-electron chi connectivity index (χ2n) is 2.97. The summed E-state index contributed by atoms with van der Waals surface area (Å²) in [5.41, 5.74) is 10.4. The lowest BCUT2D eigenvalue weighted by Crippen LogP contribution is -2.22. The molecule has 0 aliphatic heterocycles. The SMILES string of the molecule is NC(=O)CNc1ccc(N)cc1C(F)F. The number of hydrogen-bond acceptors (Lipinski definition) is 3. The minimum atomic E-state index is -2.65. The van der Waals surface area contributed by atoms with E-state index < -0.39 is 12.3 Å². The Hall–Kier alpha value is -1.85. The van der Waals surface area contributed by atoms with E-state index >= 15 is 0 Å². The van der Waals surface area contributed by atoms with Gasteiger partial charge in [0.25, 0.3) is 6.43 Å². The van der Waals surface area contributed by atoms with Crippen molar-refractivity contribution in [2.45, 2.75) is 6.43 Å². The van der Waals surface area contributed by atoms with Crippen LogP contribution in [-0.2, 0) is 4.79 Å². The highest BCUT2D eigenvalue weighted by molar-refractivity contribution is 5.79. The van der Waals surface area contributed by atoms with E-state index in [0.29, 0.717) is 0 Å². The van der Waals surface area contributed by atoms with E-state index in [1.54, 1.807) is 0 Å². The maximum Gasteiger partial charge on any atom is 0.265 e. The Bertz CT molecular complexity index is 368. The largest absolute Gasteiger partial charge is 0.399 e. The van der Waals surface area contributed by atoms with Crippen molar-refractivity contribution < 1.29 is 13.6 Å². The second-order valence-corrected chi connectivity index (χ2v) is 2.97. The molecule has 0 fully saturated rings. The molecule has 6 heteroatoms. The van der Waals surface area contributed by atoms with E-state index in [2.05, 4.69) is 5.32 Å². The first-order valence-corrected chi connectivity index (χ1v) is 4.20. The molecule has 1 rings (SSSR count). The molecule has 15 heavy (non-hydrogen) atoms. The maximum atomic E-state index is 12.5. The van der Waals surface area contributed by atoms with E-state index in [1.807, 2.05) is 0 Å². The number of nitrogens with one attached hydrogen (secondary N) is 1. The molecule has 82 valence electrons. The maximum absolute atomic E-state index is 12.5. The Balaban J connectivity index is 2.90. The number of halogens is 2. The van der Waals surface area contributed by atoms with Crippen molar-refractivity contribution in [3.05, 3.63) is 23.8 Å². The Morgan fingerprint density at radius 3 is 2.67 bits per heavy atom. The lowest BCUT2D eigenvalue weighted by atomic mass is 10.1. The molecule has 0 spiro atoms. The van der Waals surface area contributed by atoms with E-state index in [-0.39, 0.29) is 23.5 Å². The fraction of sp³-hybridized carbons (Fsp3) is 0.222. The smallest absolute Gasteiger partial charge is 0.265 e. The summed E-state index contributed by atoms with van der Waals surface area (Å²) in [6.45, 7) is -0.191. The molecule has 1 aromatic carbocycles. The molecular weight excluding hydrogens is 204 g/mol. The normalized spacial score (nSPS) is 10.3. The van der Waals surface area contributed by atoms with E-state index in [9.17, 15) is 13.6 Å². The molecular formula is C9H11F2N3O. The molecule has 4 nitrogen and oxygen atoms in total. The van der Waals surface area contributed by atoms with Gasteiger partial charge in [-0.3, -0.25) is 4.79 Å². The summed E-state index contributed by atoms with van der Waals surface area (Å²) < 4.78 is 25.0. The first-order valence-electron chi connectivity index (χ1n) is 4.20. The quantitative estimate of drug-likeness (QED) is 0.658. The predicted octanol–water partition coefficient (Wildman–Crippen LogP) is 1.10. The number of hydrogen-bond donors (Lipinski definition) is 3. The van der Waals surface area contributed by atoms with Crippen LogP contribution in [0.2, 0.25) is 0 Å². The summed E-state index contributed by atoms with van der Waals surface area (Å²) in [6.07, 6.45) is -2.65. The van der Waals surface area contributed by atoms with Crippen LogP contribution >= 0.6 is 0 Å². The summed E-state index contributed by atoms with van der Waals surface area (Å²) in [6, 6.07) is 4.02. The molecule has 1 aromatic rings. The van der Waals surface area contributed by atoms with Crippen LogP contribution in [0.3, 0.4) is 0 Å². The molecule has 0 atom stereocenters. The highest BCUT2D eigenvalue weighted by Crippen LogP contribution is 2.28. The van der Waals surface area contributed by atoms with Crippen LogP contribution in [0.15, 0.2) is 18.2 Å². The Morgan fingerprint density at radius 1 is 1.47 bits per heavy atom. The van der Waals surface area contributed by atoms with Crippen molar-refractivity contribution in [1.82, 2.24) is 0 Å². The number of nitrogen functional groups attached to an aromatic ring is 1. The van der Waals surface area contributed by atoms with Gasteiger partial charge in [0, 0.05) is 16.9 Å². The number of primary amides is 1. The highest BCUT2D eigenvalue weighted by Gasteiger charge is 2.13. The van der Waals surface area contributed by atoms with Crippen molar-refractivity contribution in [1.29, 1.82) is 0 Å². The predicted molar refractivity (Wildman–Crippen MR) is 53.5 cm³/mol. The van der Waals surface area contributed by atoms with Gasteiger partial charge in [0.2, 0.25) is 5.91 Å². The van der Waals surface area contributed by atoms with Crippen molar-refractivity contribution in [3.8, 4) is 0 Å². The van der Waals surface area contributed by atoms with Gasteiger partial charge in [-0.25, -0.2) is 8.78 Å². The van der Waals surface area contributed by atoms with Gasteiger partial charge >= 0.3 is 0 Å². The van der Waals surface area contributed by atoms with Gasteiger partial charge < -0.3 is 16.8 Å². The second kappa shape index (κ2) is 4.59.